The first-order valence-electron chi connectivity index (χ1n) is 11.2. The average Bonchev–Trinajstić information content (AvgIpc) is 3.24. The number of carbonyl (C=O) groups is 1. The molecule has 2 aliphatic rings. The van der Waals surface area contributed by atoms with E-state index in [9.17, 15) is 4.79 Å². The molecule has 160 valence electrons. The molecule has 0 bridgehead atoms. The number of likely N-dealkylation sites (tertiary alicyclic amines) is 1. The maximum atomic E-state index is 12.4. The Morgan fingerprint density at radius 2 is 1.80 bits per heavy atom. The van der Waals surface area contributed by atoms with E-state index in [1.807, 2.05) is 0 Å². The predicted molar refractivity (Wildman–Crippen MR) is 123 cm³/mol. The van der Waals surface area contributed by atoms with Crippen LogP contribution in [-0.2, 0) is 24.3 Å². The summed E-state index contributed by atoms with van der Waals surface area (Å²) in [6, 6.07) is 10.9. The van der Waals surface area contributed by atoms with Gasteiger partial charge < -0.3 is 16.0 Å². The molecule has 2 aliphatic heterocycles. The van der Waals surface area contributed by atoms with Gasteiger partial charge in [0, 0.05) is 43.4 Å². The van der Waals surface area contributed by atoms with Gasteiger partial charge >= 0.3 is 0 Å². The summed E-state index contributed by atoms with van der Waals surface area (Å²) in [5.74, 6) is 1.44. The summed E-state index contributed by atoms with van der Waals surface area (Å²) in [5.41, 5.74) is 10.7. The molecule has 0 atom stereocenters. The predicted octanol–water partition coefficient (Wildman–Crippen LogP) is 3.60. The van der Waals surface area contributed by atoms with E-state index in [0.717, 1.165) is 43.0 Å². The van der Waals surface area contributed by atoms with Crippen LogP contribution in [-0.4, -0.2) is 41.8 Å². The number of nitrogens with zero attached hydrogens (tertiary/aromatic N) is 3. The molecule has 30 heavy (non-hydrogen) atoms. The summed E-state index contributed by atoms with van der Waals surface area (Å²) in [7, 11) is 0. The Hall–Kier alpha value is -2.60. The molecule has 0 aliphatic carbocycles. The van der Waals surface area contributed by atoms with Crippen LogP contribution in [0.25, 0.3) is 0 Å². The molecule has 4 rings (SSSR count). The highest BCUT2D eigenvalue weighted by Crippen LogP contribution is 2.33. The van der Waals surface area contributed by atoms with E-state index in [-0.39, 0.29) is 5.78 Å². The molecule has 0 amide bonds. The Labute approximate surface area is 179 Å². The number of anilines is 3. The summed E-state index contributed by atoms with van der Waals surface area (Å²) in [4.78, 5) is 21.5. The molecule has 6 nitrogen and oxygen atoms in total. The van der Waals surface area contributed by atoms with E-state index in [4.69, 9.17) is 5.73 Å². The summed E-state index contributed by atoms with van der Waals surface area (Å²) in [6.07, 6.45) is 5.21. The van der Waals surface area contributed by atoms with E-state index < -0.39 is 0 Å². The number of hydrogen-bond acceptors (Lipinski definition) is 6. The maximum Gasteiger partial charge on any atom is 0.156 e. The Morgan fingerprint density at radius 1 is 1.10 bits per heavy atom. The van der Waals surface area contributed by atoms with Gasteiger partial charge in [-0.1, -0.05) is 37.6 Å². The quantitative estimate of drug-likeness (QED) is 0.651. The number of nitrogens with one attached hydrogen (secondary N) is 1. The molecule has 6 heteroatoms. The second-order valence-electron chi connectivity index (χ2n) is 8.54. The number of Topliss-reactive ketones (excluding diaryl/α,β-unsaturated/α-hetero) is 1. The number of pyridine rings is 1. The number of fused-ring (bicyclic) bond motifs is 1. The van der Waals surface area contributed by atoms with E-state index in [1.165, 1.54) is 37.1 Å². The van der Waals surface area contributed by atoms with Gasteiger partial charge in [-0.25, -0.2) is 4.98 Å². The largest absolute Gasteiger partial charge is 0.383 e. The molecule has 0 unspecified atom stereocenters. The van der Waals surface area contributed by atoms with Crippen LogP contribution in [0.2, 0.25) is 0 Å². The van der Waals surface area contributed by atoms with Crippen LogP contribution in [0.15, 0.2) is 30.3 Å². The van der Waals surface area contributed by atoms with Gasteiger partial charge in [0.1, 0.15) is 11.6 Å². The fraction of sp³-hybridized carbons (Fsp3) is 0.500. The summed E-state index contributed by atoms with van der Waals surface area (Å²) < 4.78 is 0. The lowest BCUT2D eigenvalue weighted by molar-refractivity contribution is -0.117. The van der Waals surface area contributed by atoms with E-state index in [2.05, 4.69) is 57.4 Å². The van der Waals surface area contributed by atoms with Gasteiger partial charge in [-0.15, -0.1) is 0 Å². The van der Waals surface area contributed by atoms with Crippen molar-refractivity contribution in [1.29, 1.82) is 0 Å². The van der Waals surface area contributed by atoms with E-state index in [0.29, 0.717) is 25.3 Å². The van der Waals surface area contributed by atoms with Crippen LogP contribution in [0.3, 0.4) is 0 Å². The number of ketones is 1. The first-order valence-corrected chi connectivity index (χ1v) is 11.2. The highest BCUT2D eigenvalue weighted by Gasteiger charge is 2.26. The summed E-state index contributed by atoms with van der Waals surface area (Å²) in [6.45, 7) is 7.59. The van der Waals surface area contributed by atoms with Crippen LogP contribution in [0, 0.1) is 0 Å². The van der Waals surface area contributed by atoms with Crippen LogP contribution >= 0.6 is 0 Å². The molecule has 1 saturated heterocycles. The lowest BCUT2D eigenvalue weighted by Crippen LogP contribution is -2.36. The van der Waals surface area contributed by atoms with E-state index in [1.54, 1.807) is 0 Å². The Balaban J connectivity index is 1.49. The van der Waals surface area contributed by atoms with Crippen molar-refractivity contribution in [2.24, 2.45) is 0 Å². The number of nitrogen functional groups attached to an aromatic ring is 1. The van der Waals surface area contributed by atoms with Crippen molar-refractivity contribution >= 4 is 23.1 Å². The third-order valence-corrected chi connectivity index (χ3v) is 6.05. The van der Waals surface area contributed by atoms with Gasteiger partial charge in [0.25, 0.3) is 0 Å². The average molecular weight is 408 g/mol. The minimum Gasteiger partial charge on any atom is -0.383 e. The van der Waals surface area contributed by atoms with Gasteiger partial charge in [0.05, 0.1) is 6.54 Å². The minimum absolute atomic E-state index is 0.188. The zero-order chi connectivity index (χ0) is 20.9. The first kappa shape index (κ1) is 20.7. The van der Waals surface area contributed by atoms with Crippen LogP contribution in [0.5, 0.6) is 0 Å². The second kappa shape index (κ2) is 9.47. The summed E-state index contributed by atoms with van der Waals surface area (Å²) in [5, 5.41) is 3.37. The van der Waals surface area contributed by atoms with Crippen LogP contribution in [0.1, 0.15) is 49.3 Å². The maximum absolute atomic E-state index is 12.4. The van der Waals surface area contributed by atoms with Crippen molar-refractivity contribution in [3.63, 3.8) is 0 Å². The smallest absolute Gasteiger partial charge is 0.156 e. The number of unbranched alkanes of at least 4 members (excludes halogenated alkanes) is 1. The van der Waals surface area contributed by atoms with Gasteiger partial charge in [0.15, 0.2) is 5.78 Å². The number of hydrogen-bond donors (Lipinski definition) is 2. The van der Waals surface area contributed by atoms with Crippen molar-refractivity contribution in [1.82, 2.24) is 9.88 Å². The van der Waals surface area contributed by atoms with Gasteiger partial charge in [0.2, 0.25) is 0 Å². The zero-order valence-electron chi connectivity index (χ0n) is 18.0. The number of aromatic nitrogens is 1. The molecule has 1 fully saturated rings. The molecule has 1 aromatic carbocycles. The SMILES string of the molecule is CCCCNc1cc2c(c(N)n1)CC(=O)CN2Cc1ccc(CN2CCCC2)cc1. The molecule has 0 spiro atoms. The number of nitrogens with two attached hydrogens (primary N) is 1. The standard InChI is InChI=1S/C24H33N5O/c1-2-3-10-26-23-14-22-21(24(25)27-23)13-20(30)17-29(22)16-19-8-6-18(7-9-19)15-28-11-4-5-12-28/h6-9,14H,2-5,10-13,15-17H2,1H3,(H3,25,26,27). The molecule has 0 saturated carbocycles. The van der Waals surface area contributed by atoms with Crippen molar-refractivity contribution in [2.45, 2.75) is 52.1 Å². The van der Waals surface area contributed by atoms with Gasteiger partial charge in [-0.3, -0.25) is 9.69 Å². The Bertz CT molecular complexity index is 874. The van der Waals surface area contributed by atoms with Gasteiger partial charge in [-0.05, 0) is 43.5 Å². The van der Waals surface area contributed by atoms with Crippen LogP contribution in [0.4, 0.5) is 17.3 Å². The fourth-order valence-corrected chi connectivity index (χ4v) is 4.39. The number of benzene rings is 1. The lowest BCUT2D eigenvalue weighted by Gasteiger charge is -2.31. The fourth-order valence-electron chi connectivity index (χ4n) is 4.39. The molecular weight excluding hydrogens is 374 g/mol. The highest BCUT2D eigenvalue weighted by atomic mass is 16.1. The van der Waals surface area contributed by atoms with Crippen molar-refractivity contribution in [3.05, 3.63) is 47.0 Å². The molecule has 3 heterocycles. The molecular formula is C24H33N5O. The second-order valence-corrected chi connectivity index (χ2v) is 8.54. The third kappa shape index (κ3) is 4.93. The zero-order valence-corrected chi connectivity index (χ0v) is 18.0. The third-order valence-electron chi connectivity index (χ3n) is 6.05. The topological polar surface area (TPSA) is 74.5 Å². The Kier molecular flexibility index (Phi) is 6.53. The highest BCUT2D eigenvalue weighted by molar-refractivity contribution is 5.92. The lowest BCUT2D eigenvalue weighted by atomic mass is 10.0. The molecule has 0 radical (unpaired) electrons. The normalized spacial score (nSPS) is 16.7. The Morgan fingerprint density at radius 3 is 2.50 bits per heavy atom. The first-order chi connectivity index (χ1) is 14.6. The van der Waals surface area contributed by atoms with Crippen molar-refractivity contribution in [3.8, 4) is 0 Å². The molecule has 2 aromatic rings. The molecule has 3 N–H and O–H groups in total. The van der Waals surface area contributed by atoms with Gasteiger partial charge in [-0.2, -0.15) is 0 Å². The van der Waals surface area contributed by atoms with Crippen molar-refractivity contribution < 1.29 is 4.79 Å². The summed E-state index contributed by atoms with van der Waals surface area (Å²) >= 11 is 0. The monoisotopic (exact) mass is 407 g/mol. The minimum atomic E-state index is 0.188. The number of rotatable bonds is 8. The van der Waals surface area contributed by atoms with Crippen molar-refractivity contribution in [2.75, 3.05) is 42.1 Å². The van der Waals surface area contributed by atoms with E-state index >= 15 is 0 Å². The molecule has 1 aromatic heterocycles. The number of carbonyl (C=O) groups excluding carboxylic acids is 1. The van der Waals surface area contributed by atoms with Crippen LogP contribution < -0.4 is 16.0 Å².